The third-order valence-corrected chi connectivity index (χ3v) is 8.74. The molecule has 0 saturated carbocycles. The molecule has 3 rings (SSSR count). The van der Waals surface area contributed by atoms with Gasteiger partial charge in [0.1, 0.15) is 12.2 Å². The minimum Gasteiger partial charge on any atom is -0.469 e. The Morgan fingerprint density at radius 1 is 1.11 bits per heavy atom. The number of sulfone groups is 1. The maximum atomic E-state index is 14.0. The predicted octanol–water partition coefficient (Wildman–Crippen LogP) is 4.32. The van der Waals surface area contributed by atoms with Gasteiger partial charge in [-0.05, 0) is 55.9 Å². The fourth-order valence-electron chi connectivity index (χ4n) is 4.57. The molecule has 8 nitrogen and oxygen atoms in total. The van der Waals surface area contributed by atoms with Gasteiger partial charge in [0.25, 0.3) is 5.91 Å². The van der Waals surface area contributed by atoms with Crippen molar-refractivity contribution in [1.82, 2.24) is 9.80 Å². The second-order valence-corrected chi connectivity index (χ2v) is 12.7. The van der Waals surface area contributed by atoms with Crippen LogP contribution in [0.1, 0.15) is 43.0 Å². The molecule has 1 aliphatic heterocycles. The van der Waals surface area contributed by atoms with Gasteiger partial charge in [0, 0.05) is 22.6 Å². The molecular weight excluding hydrogens is 551 g/mol. The van der Waals surface area contributed by atoms with Gasteiger partial charge in [-0.15, -0.1) is 0 Å². The zero-order valence-electron chi connectivity index (χ0n) is 22.0. The van der Waals surface area contributed by atoms with Crippen LogP contribution in [0, 0.1) is 0 Å². The molecule has 0 radical (unpaired) electrons. The molecule has 1 aliphatic rings. The number of ether oxygens (including phenoxy) is 2. The Morgan fingerprint density at radius 2 is 1.79 bits per heavy atom. The largest absolute Gasteiger partial charge is 0.469 e. The molecule has 0 N–H and O–H groups in total. The molecule has 0 spiro atoms. The number of amides is 1. The summed E-state index contributed by atoms with van der Waals surface area (Å²) in [6.07, 6.45) is -1.82. The number of morpholine rings is 1. The summed E-state index contributed by atoms with van der Waals surface area (Å²) in [5.74, 6) is -1.34. The van der Waals surface area contributed by atoms with Crippen LogP contribution in [0.4, 0.5) is 0 Å². The summed E-state index contributed by atoms with van der Waals surface area (Å²) >= 11 is 12.5. The third kappa shape index (κ3) is 7.70. The fraction of sp³-hybridized carbons (Fsp3) is 0.481. The van der Waals surface area contributed by atoms with E-state index in [9.17, 15) is 18.0 Å². The first-order valence-electron chi connectivity index (χ1n) is 12.4. The zero-order chi connectivity index (χ0) is 28.0. The number of hydrogen-bond donors (Lipinski definition) is 0. The lowest BCUT2D eigenvalue weighted by Gasteiger charge is -2.48. The molecule has 208 valence electrons. The lowest BCUT2D eigenvalue weighted by atomic mass is 9.89. The van der Waals surface area contributed by atoms with Crippen molar-refractivity contribution in [2.45, 2.75) is 44.1 Å². The highest BCUT2D eigenvalue weighted by Crippen LogP contribution is 2.44. The minimum absolute atomic E-state index is 0.0377. The standard InChI is InChI=1S/C27H34Cl2N2O6S/c1-5-22(17-38(34,35)14-13-30(2)3)31-25(18-9-11-20(28)12-10-18)26(19-7-6-8-21(29)15-19)37-23(27(31)33)16-24(32)36-4/h6-12,15,22-23,25-26H,5,13-14,16-17H2,1-4H3/t22-,23+,25+,26+/m0/s1. The lowest BCUT2D eigenvalue weighted by molar-refractivity contribution is -0.183. The molecule has 0 aliphatic carbocycles. The number of hydrogen-bond acceptors (Lipinski definition) is 7. The van der Waals surface area contributed by atoms with Gasteiger partial charge in [-0.1, -0.05) is 54.4 Å². The van der Waals surface area contributed by atoms with Crippen molar-refractivity contribution in [2.75, 3.05) is 39.3 Å². The Balaban J connectivity index is 2.14. The van der Waals surface area contributed by atoms with Gasteiger partial charge >= 0.3 is 5.97 Å². The summed E-state index contributed by atoms with van der Waals surface area (Å²) in [7, 11) is 1.34. The third-order valence-electron chi connectivity index (χ3n) is 6.56. The van der Waals surface area contributed by atoms with Gasteiger partial charge in [0.05, 0.1) is 31.1 Å². The Labute approximate surface area is 234 Å². The first-order chi connectivity index (χ1) is 18.0. The van der Waals surface area contributed by atoms with E-state index in [0.717, 1.165) is 0 Å². The second kappa shape index (κ2) is 13.3. The van der Waals surface area contributed by atoms with Crippen LogP contribution in [0.2, 0.25) is 10.0 Å². The highest BCUT2D eigenvalue weighted by atomic mass is 35.5. The van der Waals surface area contributed by atoms with Crippen molar-refractivity contribution in [1.29, 1.82) is 0 Å². The molecule has 2 aromatic rings. The number of carbonyl (C=O) groups is 2. The maximum Gasteiger partial charge on any atom is 0.308 e. The molecule has 11 heteroatoms. The van der Waals surface area contributed by atoms with Gasteiger partial charge in [-0.2, -0.15) is 0 Å². The quantitative estimate of drug-likeness (QED) is 0.363. The molecular formula is C27H34Cl2N2O6S. The topological polar surface area (TPSA) is 93.2 Å². The van der Waals surface area contributed by atoms with E-state index in [1.54, 1.807) is 52.3 Å². The van der Waals surface area contributed by atoms with Crippen LogP contribution in [0.3, 0.4) is 0 Å². The van der Waals surface area contributed by atoms with Gasteiger partial charge in [-0.25, -0.2) is 8.42 Å². The lowest BCUT2D eigenvalue weighted by Crippen LogP contribution is -2.56. The first-order valence-corrected chi connectivity index (χ1v) is 14.9. The van der Waals surface area contributed by atoms with Crippen LogP contribution in [0.15, 0.2) is 48.5 Å². The Kier molecular flexibility index (Phi) is 10.6. The number of carbonyl (C=O) groups excluding carboxylic acids is 2. The Hall–Kier alpha value is -2.17. The van der Waals surface area contributed by atoms with Crippen molar-refractivity contribution in [2.24, 2.45) is 0 Å². The zero-order valence-corrected chi connectivity index (χ0v) is 24.3. The van der Waals surface area contributed by atoms with E-state index in [4.69, 9.17) is 32.7 Å². The molecule has 1 saturated heterocycles. The van der Waals surface area contributed by atoms with E-state index in [1.807, 2.05) is 27.1 Å². The number of methoxy groups -OCH3 is 1. The summed E-state index contributed by atoms with van der Waals surface area (Å²) in [5, 5.41) is 0.997. The van der Waals surface area contributed by atoms with E-state index in [-0.39, 0.29) is 17.9 Å². The predicted molar refractivity (Wildman–Crippen MR) is 148 cm³/mol. The minimum atomic E-state index is -3.52. The monoisotopic (exact) mass is 584 g/mol. The van der Waals surface area contributed by atoms with E-state index in [1.165, 1.54) is 7.11 Å². The summed E-state index contributed by atoms with van der Waals surface area (Å²) in [5.41, 5.74) is 1.41. The van der Waals surface area contributed by atoms with Gasteiger partial charge in [0.2, 0.25) is 0 Å². The number of halogens is 2. The highest BCUT2D eigenvalue weighted by Gasteiger charge is 2.47. The number of nitrogens with zero attached hydrogens (tertiary/aromatic N) is 2. The summed E-state index contributed by atoms with van der Waals surface area (Å²) < 4.78 is 37.4. The van der Waals surface area contributed by atoms with E-state index < -0.39 is 46.0 Å². The van der Waals surface area contributed by atoms with Gasteiger partial charge in [0.15, 0.2) is 9.84 Å². The molecule has 1 heterocycles. The second-order valence-electron chi connectivity index (χ2n) is 9.60. The molecule has 38 heavy (non-hydrogen) atoms. The van der Waals surface area contributed by atoms with Crippen LogP contribution in [0.25, 0.3) is 0 Å². The smallest absolute Gasteiger partial charge is 0.308 e. The van der Waals surface area contributed by atoms with Crippen molar-refractivity contribution >= 4 is 44.9 Å². The van der Waals surface area contributed by atoms with E-state index in [2.05, 4.69) is 0 Å². The number of benzene rings is 2. The number of esters is 1. The molecule has 1 fully saturated rings. The molecule has 2 aromatic carbocycles. The summed E-state index contributed by atoms with van der Waals surface area (Å²) in [6, 6.07) is 12.7. The van der Waals surface area contributed by atoms with E-state index in [0.29, 0.717) is 34.1 Å². The van der Waals surface area contributed by atoms with Crippen molar-refractivity contribution in [3.63, 3.8) is 0 Å². The Bertz CT molecular complexity index is 1220. The highest BCUT2D eigenvalue weighted by molar-refractivity contribution is 7.91. The molecule has 0 bridgehead atoms. The number of rotatable bonds is 11. The van der Waals surface area contributed by atoms with E-state index >= 15 is 0 Å². The first kappa shape index (κ1) is 30.4. The van der Waals surface area contributed by atoms with Crippen LogP contribution >= 0.6 is 23.2 Å². The van der Waals surface area contributed by atoms with Crippen molar-refractivity contribution in [3.05, 3.63) is 69.7 Å². The normalized spacial score (nSPS) is 21.0. The van der Waals surface area contributed by atoms with Crippen LogP contribution in [0.5, 0.6) is 0 Å². The molecule has 1 amide bonds. The van der Waals surface area contributed by atoms with Gasteiger partial charge in [-0.3, -0.25) is 9.59 Å². The van der Waals surface area contributed by atoms with Crippen molar-refractivity contribution in [3.8, 4) is 0 Å². The average molecular weight is 586 g/mol. The van der Waals surface area contributed by atoms with Crippen molar-refractivity contribution < 1.29 is 27.5 Å². The summed E-state index contributed by atoms with van der Waals surface area (Å²) in [4.78, 5) is 29.6. The van der Waals surface area contributed by atoms with Crippen LogP contribution in [-0.4, -0.2) is 81.5 Å². The molecule has 0 aromatic heterocycles. The maximum absolute atomic E-state index is 14.0. The molecule has 4 atom stereocenters. The Morgan fingerprint density at radius 3 is 2.37 bits per heavy atom. The average Bonchev–Trinajstić information content (AvgIpc) is 2.87. The summed E-state index contributed by atoms with van der Waals surface area (Å²) in [6.45, 7) is 2.21. The van der Waals surface area contributed by atoms with Gasteiger partial charge < -0.3 is 19.3 Å². The molecule has 0 unspecified atom stereocenters. The van der Waals surface area contributed by atoms with Crippen LogP contribution < -0.4 is 0 Å². The van der Waals surface area contributed by atoms with Crippen LogP contribution in [-0.2, 0) is 28.9 Å². The SMILES string of the molecule is CC[C@@H](CS(=O)(=O)CCN(C)C)N1C(=O)[C@@H](CC(=O)OC)O[C@H](c2cccc(Cl)c2)[C@H]1c1ccc(Cl)cc1. The fourth-order valence-corrected chi connectivity index (χ4v) is 6.69.